The van der Waals surface area contributed by atoms with E-state index in [0.29, 0.717) is 6.54 Å². The number of methoxy groups -OCH3 is 1. The Balaban J connectivity index is 2.51. The van der Waals surface area contributed by atoms with E-state index in [9.17, 15) is 0 Å². The van der Waals surface area contributed by atoms with Crippen LogP contribution in [0.25, 0.3) is 0 Å². The summed E-state index contributed by atoms with van der Waals surface area (Å²) >= 11 is 0. The summed E-state index contributed by atoms with van der Waals surface area (Å²) in [5.74, 6) is 0. The highest BCUT2D eigenvalue weighted by molar-refractivity contribution is 5.07. The Hall–Kier alpha value is -0.940. The highest BCUT2D eigenvalue weighted by Gasteiger charge is 2.06. The van der Waals surface area contributed by atoms with E-state index in [-0.39, 0.29) is 0 Å². The fraction of sp³-hybridized carbons (Fsp3) is 0.778. The van der Waals surface area contributed by atoms with Gasteiger partial charge in [0.2, 0.25) is 0 Å². The van der Waals surface area contributed by atoms with Gasteiger partial charge in [-0.1, -0.05) is 5.21 Å². The SMILES string of the molecule is COCCCn1nnc(CCN)c1C. The molecule has 0 aromatic carbocycles. The zero-order chi connectivity index (χ0) is 10.4. The van der Waals surface area contributed by atoms with Gasteiger partial charge < -0.3 is 10.5 Å². The molecule has 2 N–H and O–H groups in total. The van der Waals surface area contributed by atoms with Crippen LogP contribution < -0.4 is 5.73 Å². The Morgan fingerprint density at radius 3 is 2.93 bits per heavy atom. The summed E-state index contributed by atoms with van der Waals surface area (Å²) in [4.78, 5) is 0. The van der Waals surface area contributed by atoms with E-state index < -0.39 is 0 Å². The molecule has 1 rings (SSSR count). The van der Waals surface area contributed by atoms with Crippen LogP contribution in [0.3, 0.4) is 0 Å². The minimum Gasteiger partial charge on any atom is -0.385 e. The average molecular weight is 198 g/mol. The van der Waals surface area contributed by atoms with Crippen molar-refractivity contribution in [2.75, 3.05) is 20.3 Å². The van der Waals surface area contributed by atoms with E-state index >= 15 is 0 Å². The lowest BCUT2D eigenvalue weighted by Gasteiger charge is -2.02. The normalized spacial score (nSPS) is 10.8. The molecule has 0 aliphatic rings. The van der Waals surface area contributed by atoms with Crippen molar-refractivity contribution < 1.29 is 4.74 Å². The molecular formula is C9H18N4O. The van der Waals surface area contributed by atoms with Crippen molar-refractivity contribution >= 4 is 0 Å². The highest BCUT2D eigenvalue weighted by Crippen LogP contribution is 2.04. The van der Waals surface area contributed by atoms with Crippen molar-refractivity contribution in [1.82, 2.24) is 15.0 Å². The van der Waals surface area contributed by atoms with Crippen molar-refractivity contribution in [3.8, 4) is 0 Å². The molecule has 1 heterocycles. The first-order chi connectivity index (χ1) is 6.79. The molecule has 14 heavy (non-hydrogen) atoms. The van der Waals surface area contributed by atoms with Gasteiger partial charge in [0, 0.05) is 26.7 Å². The minimum absolute atomic E-state index is 0.623. The highest BCUT2D eigenvalue weighted by atomic mass is 16.5. The molecule has 1 aromatic rings. The van der Waals surface area contributed by atoms with Crippen molar-refractivity contribution in [1.29, 1.82) is 0 Å². The number of aromatic nitrogens is 3. The average Bonchev–Trinajstić information content (AvgIpc) is 2.51. The van der Waals surface area contributed by atoms with Gasteiger partial charge in [-0.15, -0.1) is 5.10 Å². The third-order valence-corrected chi connectivity index (χ3v) is 2.18. The lowest BCUT2D eigenvalue weighted by Crippen LogP contribution is -2.07. The number of ether oxygens (including phenoxy) is 1. The molecule has 5 nitrogen and oxygen atoms in total. The van der Waals surface area contributed by atoms with Gasteiger partial charge in [0.1, 0.15) is 0 Å². The van der Waals surface area contributed by atoms with E-state index in [1.54, 1.807) is 7.11 Å². The second kappa shape index (κ2) is 5.72. The van der Waals surface area contributed by atoms with Crippen LogP contribution in [0.2, 0.25) is 0 Å². The van der Waals surface area contributed by atoms with Crippen LogP contribution in [0.15, 0.2) is 0 Å². The Morgan fingerprint density at radius 2 is 2.29 bits per heavy atom. The molecule has 0 saturated carbocycles. The van der Waals surface area contributed by atoms with Gasteiger partial charge in [-0.2, -0.15) is 0 Å². The van der Waals surface area contributed by atoms with Crippen LogP contribution in [-0.2, 0) is 17.7 Å². The number of aryl methyl sites for hydroxylation is 1. The third kappa shape index (κ3) is 2.78. The molecule has 0 saturated heterocycles. The van der Waals surface area contributed by atoms with Crippen LogP contribution in [0.1, 0.15) is 17.8 Å². The summed E-state index contributed by atoms with van der Waals surface area (Å²) in [6.45, 7) is 4.26. The maximum absolute atomic E-state index is 5.46. The van der Waals surface area contributed by atoms with Crippen molar-refractivity contribution in [3.05, 3.63) is 11.4 Å². The summed E-state index contributed by atoms with van der Waals surface area (Å²) in [7, 11) is 1.70. The molecule has 0 fully saturated rings. The van der Waals surface area contributed by atoms with Gasteiger partial charge in [0.25, 0.3) is 0 Å². The Bertz CT molecular complexity index is 272. The van der Waals surface area contributed by atoms with Crippen LogP contribution in [0.5, 0.6) is 0 Å². The van der Waals surface area contributed by atoms with E-state index in [1.165, 1.54) is 0 Å². The van der Waals surface area contributed by atoms with E-state index in [1.807, 2.05) is 11.6 Å². The number of rotatable bonds is 6. The maximum atomic E-state index is 5.46. The van der Waals surface area contributed by atoms with Crippen molar-refractivity contribution in [2.24, 2.45) is 5.73 Å². The van der Waals surface area contributed by atoms with Crippen LogP contribution in [0.4, 0.5) is 0 Å². The van der Waals surface area contributed by atoms with Crippen molar-refractivity contribution in [2.45, 2.75) is 26.3 Å². The topological polar surface area (TPSA) is 66.0 Å². The Labute approximate surface area is 84.2 Å². The first-order valence-electron chi connectivity index (χ1n) is 4.87. The molecule has 1 aromatic heterocycles. The Morgan fingerprint density at radius 1 is 1.50 bits per heavy atom. The summed E-state index contributed by atoms with van der Waals surface area (Å²) < 4.78 is 6.88. The van der Waals surface area contributed by atoms with Gasteiger partial charge in [-0.05, 0) is 19.9 Å². The van der Waals surface area contributed by atoms with Gasteiger partial charge >= 0.3 is 0 Å². The van der Waals surface area contributed by atoms with Gasteiger partial charge in [-0.3, -0.25) is 0 Å². The summed E-state index contributed by atoms with van der Waals surface area (Å²) in [6, 6.07) is 0. The van der Waals surface area contributed by atoms with Crippen molar-refractivity contribution in [3.63, 3.8) is 0 Å². The standard InChI is InChI=1S/C9H18N4O/c1-8-9(4-5-10)11-12-13(8)6-3-7-14-2/h3-7,10H2,1-2H3. The fourth-order valence-electron chi connectivity index (χ4n) is 1.34. The first-order valence-corrected chi connectivity index (χ1v) is 4.87. The number of hydrogen-bond donors (Lipinski definition) is 1. The minimum atomic E-state index is 0.623. The smallest absolute Gasteiger partial charge is 0.0868 e. The van der Waals surface area contributed by atoms with E-state index in [0.717, 1.165) is 37.4 Å². The monoisotopic (exact) mass is 198 g/mol. The lowest BCUT2D eigenvalue weighted by atomic mass is 10.2. The fourth-order valence-corrected chi connectivity index (χ4v) is 1.34. The molecule has 0 spiro atoms. The molecule has 80 valence electrons. The van der Waals surface area contributed by atoms with Crippen LogP contribution in [-0.4, -0.2) is 35.3 Å². The van der Waals surface area contributed by atoms with Gasteiger partial charge in [-0.25, -0.2) is 4.68 Å². The molecule has 0 bridgehead atoms. The second-order valence-electron chi connectivity index (χ2n) is 3.23. The molecule has 0 atom stereocenters. The summed E-state index contributed by atoms with van der Waals surface area (Å²) in [5.41, 5.74) is 7.59. The number of hydrogen-bond acceptors (Lipinski definition) is 4. The molecular weight excluding hydrogens is 180 g/mol. The molecule has 0 radical (unpaired) electrons. The molecule has 0 aliphatic heterocycles. The molecule has 0 amide bonds. The van der Waals surface area contributed by atoms with Gasteiger partial charge in [0.15, 0.2) is 0 Å². The number of nitrogens with zero attached hydrogens (tertiary/aromatic N) is 3. The van der Waals surface area contributed by atoms with Crippen LogP contribution >= 0.6 is 0 Å². The lowest BCUT2D eigenvalue weighted by molar-refractivity contribution is 0.188. The molecule has 0 unspecified atom stereocenters. The molecule has 5 heteroatoms. The summed E-state index contributed by atoms with van der Waals surface area (Å²) in [6.07, 6.45) is 1.76. The van der Waals surface area contributed by atoms with E-state index in [2.05, 4.69) is 10.3 Å². The maximum Gasteiger partial charge on any atom is 0.0868 e. The zero-order valence-corrected chi connectivity index (χ0v) is 8.86. The van der Waals surface area contributed by atoms with E-state index in [4.69, 9.17) is 10.5 Å². The second-order valence-corrected chi connectivity index (χ2v) is 3.23. The largest absolute Gasteiger partial charge is 0.385 e. The Kier molecular flexibility index (Phi) is 4.55. The quantitative estimate of drug-likeness (QED) is 0.659. The summed E-state index contributed by atoms with van der Waals surface area (Å²) in [5, 5.41) is 8.14. The van der Waals surface area contributed by atoms with Gasteiger partial charge in [0.05, 0.1) is 11.4 Å². The predicted molar refractivity (Wildman–Crippen MR) is 54.0 cm³/mol. The zero-order valence-electron chi connectivity index (χ0n) is 8.86. The first kappa shape index (κ1) is 11.1. The number of nitrogens with two attached hydrogens (primary N) is 1. The predicted octanol–water partition coefficient (Wildman–Crippen LogP) is 0.124. The van der Waals surface area contributed by atoms with Crippen LogP contribution in [0, 0.1) is 6.92 Å². The third-order valence-electron chi connectivity index (χ3n) is 2.18. The molecule has 0 aliphatic carbocycles.